The molecule has 0 aliphatic carbocycles. The van der Waals surface area contributed by atoms with Crippen molar-refractivity contribution in [3.8, 4) is 11.5 Å². The minimum absolute atomic E-state index is 0.141. The van der Waals surface area contributed by atoms with Gasteiger partial charge in [-0.15, -0.1) is 0 Å². The molecule has 8 heteroatoms. The number of pyridine rings is 1. The molecule has 0 radical (unpaired) electrons. The van der Waals surface area contributed by atoms with Crippen LogP contribution in [0.4, 0.5) is 11.4 Å². The van der Waals surface area contributed by atoms with E-state index in [2.05, 4.69) is 10.3 Å². The van der Waals surface area contributed by atoms with E-state index in [0.29, 0.717) is 27.4 Å². The van der Waals surface area contributed by atoms with Crippen LogP contribution >= 0.6 is 11.6 Å². The minimum atomic E-state index is -3.54. The first-order valence-corrected chi connectivity index (χ1v) is 10.5. The molecular weight excluding hydrogens is 400 g/mol. The Kier molecular flexibility index (Phi) is 5.67. The highest BCUT2D eigenvalue weighted by Gasteiger charge is 2.25. The minimum Gasteiger partial charge on any atom is -0.495 e. The van der Waals surface area contributed by atoms with Crippen molar-refractivity contribution in [1.82, 2.24) is 4.98 Å². The van der Waals surface area contributed by atoms with Gasteiger partial charge in [0.1, 0.15) is 16.4 Å². The Balaban J connectivity index is 2.16. The molecule has 0 amide bonds. The van der Waals surface area contributed by atoms with Gasteiger partial charge in [0.2, 0.25) is 0 Å². The molecule has 2 aromatic carbocycles. The molecule has 0 saturated heterocycles. The molecular formula is C20H21ClN2O4S. The monoisotopic (exact) mass is 420 g/mol. The summed E-state index contributed by atoms with van der Waals surface area (Å²) in [4.78, 5) is 4.49. The van der Waals surface area contributed by atoms with Crippen molar-refractivity contribution in [1.29, 1.82) is 0 Å². The number of halogens is 1. The van der Waals surface area contributed by atoms with Crippen molar-refractivity contribution in [2.24, 2.45) is 0 Å². The molecule has 1 heterocycles. The summed E-state index contributed by atoms with van der Waals surface area (Å²) in [5.74, 6) is 0.814. The highest BCUT2D eigenvalue weighted by atomic mass is 35.5. The molecule has 0 atom stereocenters. The molecule has 0 fully saturated rings. The number of anilines is 2. The first kappa shape index (κ1) is 20.2. The molecule has 0 saturated carbocycles. The van der Waals surface area contributed by atoms with Crippen molar-refractivity contribution >= 4 is 43.7 Å². The lowest BCUT2D eigenvalue weighted by Crippen LogP contribution is -2.15. The van der Waals surface area contributed by atoms with Crippen molar-refractivity contribution in [3.05, 3.63) is 47.6 Å². The predicted octanol–water partition coefficient (Wildman–Crippen LogP) is 4.83. The van der Waals surface area contributed by atoms with Crippen LogP contribution in [0.3, 0.4) is 0 Å². The molecule has 28 heavy (non-hydrogen) atoms. The van der Waals surface area contributed by atoms with Gasteiger partial charge in [0.25, 0.3) is 0 Å². The Morgan fingerprint density at radius 1 is 1.04 bits per heavy atom. The van der Waals surface area contributed by atoms with Crippen molar-refractivity contribution in [3.63, 3.8) is 0 Å². The van der Waals surface area contributed by atoms with Crippen LogP contribution in [0, 0.1) is 0 Å². The first-order valence-electron chi connectivity index (χ1n) is 8.59. The number of nitrogens with one attached hydrogen (secondary N) is 1. The van der Waals surface area contributed by atoms with Gasteiger partial charge in [0.05, 0.1) is 30.0 Å². The topological polar surface area (TPSA) is 77.5 Å². The normalized spacial score (nSPS) is 11.6. The standard InChI is InChI=1S/C20H21ClN2O4S/c1-12(2)28(24,25)20-10-14-16(7-8-22-17(14)11-19(20)27-4)23-13-5-6-15(21)18(9-13)26-3/h5-12H,1-4H3,(H,22,23). The summed E-state index contributed by atoms with van der Waals surface area (Å²) in [6.45, 7) is 3.28. The quantitative estimate of drug-likeness (QED) is 0.615. The first-order chi connectivity index (χ1) is 13.3. The summed E-state index contributed by atoms with van der Waals surface area (Å²) in [5, 5.41) is 3.87. The van der Waals surface area contributed by atoms with E-state index >= 15 is 0 Å². The highest BCUT2D eigenvalue weighted by Crippen LogP contribution is 2.36. The number of rotatable bonds is 6. The zero-order valence-electron chi connectivity index (χ0n) is 16.0. The Morgan fingerprint density at radius 3 is 2.39 bits per heavy atom. The SMILES string of the molecule is COc1cc(Nc2ccnc3cc(OC)c(S(=O)(=O)C(C)C)cc23)ccc1Cl. The largest absolute Gasteiger partial charge is 0.495 e. The highest BCUT2D eigenvalue weighted by molar-refractivity contribution is 7.92. The molecule has 1 N–H and O–H groups in total. The number of nitrogens with zero attached hydrogens (tertiary/aromatic N) is 1. The van der Waals surface area contributed by atoms with Crippen LogP contribution in [0.2, 0.25) is 5.02 Å². The van der Waals surface area contributed by atoms with Crippen LogP contribution in [-0.2, 0) is 9.84 Å². The van der Waals surface area contributed by atoms with E-state index in [4.69, 9.17) is 21.1 Å². The van der Waals surface area contributed by atoms with Crippen LogP contribution in [0.15, 0.2) is 47.5 Å². The number of aromatic nitrogens is 1. The van der Waals surface area contributed by atoms with Gasteiger partial charge in [0.15, 0.2) is 9.84 Å². The van der Waals surface area contributed by atoms with Crippen LogP contribution in [0.25, 0.3) is 10.9 Å². The third-order valence-corrected chi connectivity index (χ3v) is 6.87. The third-order valence-electron chi connectivity index (χ3n) is 4.38. The van der Waals surface area contributed by atoms with Gasteiger partial charge in [-0.3, -0.25) is 4.98 Å². The van der Waals surface area contributed by atoms with E-state index in [9.17, 15) is 8.42 Å². The van der Waals surface area contributed by atoms with Crippen LogP contribution in [0.1, 0.15) is 13.8 Å². The van der Waals surface area contributed by atoms with Gasteiger partial charge in [-0.2, -0.15) is 0 Å². The average molecular weight is 421 g/mol. The Labute approximate surface area is 169 Å². The molecule has 1 aromatic heterocycles. The molecule has 6 nitrogen and oxygen atoms in total. The Hall–Kier alpha value is -2.51. The van der Waals surface area contributed by atoms with Gasteiger partial charge >= 0.3 is 0 Å². The number of hydrogen-bond acceptors (Lipinski definition) is 6. The molecule has 3 rings (SSSR count). The lowest BCUT2D eigenvalue weighted by atomic mass is 10.1. The summed E-state index contributed by atoms with van der Waals surface area (Å²) in [5.41, 5.74) is 2.07. The van der Waals surface area contributed by atoms with Crippen molar-refractivity contribution < 1.29 is 17.9 Å². The van der Waals surface area contributed by atoms with Crippen molar-refractivity contribution in [2.45, 2.75) is 24.0 Å². The maximum absolute atomic E-state index is 12.8. The molecule has 3 aromatic rings. The number of ether oxygens (including phenoxy) is 2. The van der Waals surface area contributed by atoms with E-state index in [1.807, 2.05) is 6.07 Å². The van der Waals surface area contributed by atoms with E-state index in [-0.39, 0.29) is 10.6 Å². The van der Waals surface area contributed by atoms with Crippen LogP contribution < -0.4 is 14.8 Å². The summed E-state index contributed by atoms with van der Waals surface area (Å²) in [6, 6.07) is 10.3. The molecule has 0 aliphatic heterocycles. The molecule has 0 unspecified atom stereocenters. The second kappa shape index (κ2) is 7.85. The summed E-state index contributed by atoms with van der Waals surface area (Å²) in [6.07, 6.45) is 1.65. The molecule has 148 valence electrons. The molecule has 0 bridgehead atoms. The van der Waals surface area contributed by atoms with Gasteiger partial charge in [-0.1, -0.05) is 11.6 Å². The van der Waals surface area contributed by atoms with E-state index in [1.54, 1.807) is 57.5 Å². The Bertz CT molecular complexity index is 1130. The lowest BCUT2D eigenvalue weighted by molar-refractivity contribution is 0.403. The zero-order chi connectivity index (χ0) is 20.5. The smallest absolute Gasteiger partial charge is 0.184 e. The fourth-order valence-electron chi connectivity index (χ4n) is 2.79. The average Bonchev–Trinajstić information content (AvgIpc) is 2.68. The van der Waals surface area contributed by atoms with Gasteiger partial charge < -0.3 is 14.8 Å². The fraction of sp³-hybridized carbons (Fsp3) is 0.250. The van der Waals surface area contributed by atoms with Crippen LogP contribution in [-0.4, -0.2) is 32.9 Å². The van der Waals surface area contributed by atoms with E-state index in [1.165, 1.54) is 7.11 Å². The lowest BCUT2D eigenvalue weighted by Gasteiger charge is -2.16. The second-order valence-electron chi connectivity index (χ2n) is 6.45. The fourth-order valence-corrected chi connectivity index (χ4v) is 4.20. The molecule has 0 aliphatic rings. The maximum atomic E-state index is 12.8. The van der Waals surface area contributed by atoms with Crippen LogP contribution in [0.5, 0.6) is 11.5 Å². The second-order valence-corrected chi connectivity index (χ2v) is 9.33. The predicted molar refractivity (Wildman–Crippen MR) is 112 cm³/mol. The maximum Gasteiger partial charge on any atom is 0.184 e. The van der Waals surface area contributed by atoms with Gasteiger partial charge in [-0.25, -0.2) is 8.42 Å². The molecule has 0 spiro atoms. The van der Waals surface area contributed by atoms with E-state index in [0.717, 1.165) is 5.69 Å². The number of sulfone groups is 1. The van der Waals surface area contributed by atoms with Gasteiger partial charge in [-0.05, 0) is 38.1 Å². The number of benzene rings is 2. The summed E-state index contributed by atoms with van der Waals surface area (Å²) < 4.78 is 36.2. The number of methoxy groups -OCH3 is 2. The number of fused-ring (bicyclic) bond motifs is 1. The van der Waals surface area contributed by atoms with Gasteiger partial charge in [0, 0.05) is 35.1 Å². The van der Waals surface area contributed by atoms with Crippen molar-refractivity contribution in [2.75, 3.05) is 19.5 Å². The number of hydrogen-bond donors (Lipinski definition) is 1. The summed E-state index contributed by atoms with van der Waals surface area (Å²) >= 11 is 6.08. The Morgan fingerprint density at radius 2 is 1.75 bits per heavy atom. The van der Waals surface area contributed by atoms with E-state index < -0.39 is 15.1 Å². The zero-order valence-corrected chi connectivity index (χ0v) is 17.6. The summed E-state index contributed by atoms with van der Waals surface area (Å²) in [7, 11) is -0.544. The third kappa shape index (κ3) is 3.72.